The third-order valence-corrected chi connectivity index (χ3v) is 2.64. The minimum absolute atomic E-state index is 0.280. The highest BCUT2D eigenvalue weighted by molar-refractivity contribution is 5.77. The number of para-hydroxylation sites is 2. The SMILES string of the molecule is Oc1cccc2[nH]c[n+](-c3ccccc3)c12. The summed E-state index contributed by atoms with van der Waals surface area (Å²) >= 11 is 0. The van der Waals surface area contributed by atoms with Gasteiger partial charge >= 0.3 is 0 Å². The Morgan fingerprint density at radius 1 is 0.938 bits per heavy atom. The third-order valence-electron chi connectivity index (χ3n) is 2.64. The van der Waals surface area contributed by atoms with Crippen LogP contribution in [0.15, 0.2) is 54.9 Å². The van der Waals surface area contributed by atoms with Gasteiger partial charge in [0.05, 0.1) is 0 Å². The number of phenolic OH excluding ortho intramolecular Hbond substituents is 1. The van der Waals surface area contributed by atoms with Crippen LogP contribution in [0.2, 0.25) is 0 Å². The van der Waals surface area contributed by atoms with Gasteiger partial charge in [0.15, 0.2) is 11.3 Å². The fourth-order valence-electron chi connectivity index (χ4n) is 1.89. The lowest BCUT2D eigenvalue weighted by atomic mass is 10.2. The Bertz CT molecular complexity index is 629. The molecule has 0 amide bonds. The molecular formula is C13H11N2O+. The van der Waals surface area contributed by atoms with Gasteiger partial charge in [0, 0.05) is 0 Å². The van der Waals surface area contributed by atoms with Gasteiger partial charge in [0.25, 0.3) is 0 Å². The molecule has 0 aliphatic heterocycles. The molecule has 3 rings (SSSR count). The van der Waals surface area contributed by atoms with E-state index in [1.54, 1.807) is 6.07 Å². The number of imidazole rings is 1. The van der Waals surface area contributed by atoms with Crippen LogP contribution in [0.3, 0.4) is 0 Å². The number of hydrogen-bond acceptors (Lipinski definition) is 1. The van der Waals surface area contributed by atoms with Crippen LogP contribution in [0.4, 0.5) is 0 Å². The summed E-state index contributed by atoms with van der Waals surface area (Å²) in [5.74, 6) is 0.280. The molecule has 2 N–H and O–H groups in total. The van der Waals surface area contributed by atoms with Crippen molar-refractivity contribution < 1.29 is 9.67 Å². The van der Waals surface area contributed by atoms with Crippen molar-refractivity contribution in [1.29, 1.82) is 0 Å². The lowest BCUT2D eigenvalue weighted by Crippen LogP contribution is -2.28. The molecule has 0 bridgehead atoms. The first kappa shape index (κ1) is 8.97. The second-order valence-corrected chi connectivity index (χ2v) is 3.65. The Labute approximate surface area is 92.6 Å². The van der Waals surface area contributed by atoms with E-state index in [0.29, 0.717) is 0 Å². The van der Waals surface area contributed by atoms with Gasteiger partial charge < -0.3 is 5.11 Å². The van der Waals surface area contributed by atoms with E-state index in [1.807, 2.05) is 53.4 Å². The standard InChI is InChI=1S/C13H10N2O/c16-12-8-4-7-11-13(12)15(9-14-11)10-5-2-1-3-6-10/h1-9,16H/p+1. The number of aromatic amines is 1. The van der Waals surface area contributed by atoms with Crippen LogP contribution in [-0.4, -0.2) is 10.1 Å². The van der Waals surface area contributed by atoms with Crippen molar-refractivity contribution in [3.63, 3.8) is 0 Å². The molecule has 0 unspecified atom stereocenters. The Morgan fingerprint density at radius 2 is 1.75 bits per heavy atom. The van der Waals surface area contributed by atoms with Gasteiger partial charge in [-0.15, -0.1) is 0 Å². The van der Waals surface area contributed by atoms with Crippen molar-refractivity contribution in [2.45, 2.75) is 0 Å². The Morgan fingerprint density at radius 3 is 2.56 bits per heavy atom. The fourth-order valence-corrected chi connectivity index (χ4v) is 1.89. The van der Waals surface area contributed by atoms with Gasteiger partial charge in [-0.3, -0.25) is 0 Å². The second-order valence-electron chi connectivity index (χ2n) is 3.65. The first-order valence-electron chi connectivity index (χ1n) is 5.12. The van der Waals surface area contributed by atoms with Crippen molar-refractivity contribution in [2.24, 2.45) is 0 Å². The van der Waals surface area contributed by atoms with E-state index in [4.69, 9.17) is 0 Å². The maximum absolute atomic E-state index is 9.86. The molecule has 3 aromatic rings. The molecule has 0 saturated carbocycles. The van der Waals surface area contributed by atoms with Crippen molar-refractivity contribution in [1.82, 2.24) is 4.98 Å². The third kappa shape index (κ3) is 1.26. The van der Waals surface area contributed by atoms with Crippen LogP contribution in [0.25, 0.3) is 16.7 Å². The van der Waals surface area contributed by atoms with Gasteiger partial charge in [0.2, 0.25) is 11.8 Å². The molecule has 1 aromatic heterocycles. The lowest BCUT2D eigenvalue weighted by molar-refractivity contribution is -0.567. The van der Waals surface area contributed by atoms with Gasteiger partial charge in [0.1, 0.15) is 5.69 Å². The highest BCUT2D eigenvalue weighted by atomic mass is 16.3. The van der Waals surface area contributed by atoms with Crippen LogP contribution in [0, 0.1) is 0 Å². The first-order valence-corrected chi connectivity index (χ1v) is 5.12. The predicted molar refractivity (Wildman–Crippen MR) is 61.5 cm³/mol. The number of fused-ring (bicyclic) bond motifs is 1. The highest BCUT2D eigenvalue weighted by Crippen LogP contribution is 2.20. The maximum atomic E-state index is 9.86. The molecule has 0 saturated heterocycles. The summed E-state index contributed by atoms with van der Waals surface area (Å²) in [7, 11) is 0. The fraction of sp³-hybridized carbons (Fsp3) is 0. The average molecular weight is 211 g/mol. The molecule has 2 aromatic carbocycles. The highest BCUT2D eigenvalue weighted by Gasteiger charge is 2.14. The molecule has 0 spiro atoms. The van der Waals surface area contributed by atoms with Crippen LogP contribution >= 0.6 is 0 Å². The van der Waals surface area contributed by atoms with Gasteiger partial charge in [-0.1, -0.05) is 24.3 Å². The smallest absolute Gasteiger partial charge is 0.247 e. The number of nitrogens with zero attached hydrogens (tertiary/aromatic N) is 1. The van der Waals surface area contributed by atoms with Crippen molar-refractivity contribution >= 4 is 11.0 Å². The Kier molecular flexibility index (Phi) is 1.90. The maximum Gasteiger partial charge on any atom is 0.247 e. The molecule has 3 heteroatoms. The van der Waals surface area contributed by atoms with E-state index < -0.39 is 0 Å². The summed E-state index contributed by atoms with van der Waals surface area (Å²) in [4.78, 5) is 3.13. The summed E-state index contributed by atoms with van der Waals surface area (Å²) in [5.41, 5.74) is 2.74. The number of aromatic hydroxyl groups is 1. The van der Waals surface area contributed by atoms with Gasteiger partial charge in [-0.05, 0) is 24.3 Å². The summed E-state index contributed by atoms with van der Waals surface area (Å²) in [6, 6.07) is 15.4. The summed E-state index contributed by atoms with van der Waals surface area (Å²) < 4.78 is 1.94. The zero-order chi connectivity index (χ0) is 11.0. The molecule has 1 heterocycles. The van der Waals surface area contributed by atoms with Crippen LogP contribution in [-0.2, 0) is 0 Å². The van der Waals surface area contributed by atoms with Crippen molar-refractivity contribution in [2.75, 3.05) is 0 Å². The van der Waals surface area contributed by atoms with Gasteiger partial charge in [-0.25, -0.2) is 4.98 Å². The number of rotatable bonds is 1. The predicted octanol–water partition coefficient (Wildman–Crippen LogP) is 2.15. The number of benzene rings is 2. The molecule has 0 aliphatic carbocycles. The zero-order valence-corrected chi connectivity index (χ0v) is 8.59. The minimum atomic E-state index is 0.280. The molecule has 16 heavy (non-hydrogen) atoms. The van der Waals surface area contributed by atoms with Crippen LogP contribution in [0.1, 0.15) is 0 Å². The van der Waals surface area contributed by atoms with Crippen LogP contribution < -0.4 is 4.57 Å². The molecule has 0 atom stereocenters. The summed E-state index contributed by atoms with van der Waals surface area (Å²) in [5, 5.41) is 9.86. The minimum Gasteiger partial charge on any atom is -0.504 e. The van der Waals surface area contributed by atoms with Crippen molar-refractivity contribution in [3.8, 4) is 11.4 Å². The molecule has 78 valence electrons. The number of hydrogen-bond donors (Lipinski definition) is 2. The largest absolute Gasteiger partial charge is 0.504 e. The second kappa shape index (κ2) is 3.38. The first-order chi connectivity index (χ1) is 7.86. The average Bonchev–Trinajstić information content (AvgIpc) is 2.75. The van der Waals surface area contributed by atoms with Crippen molar-refractivity contribution in [3.05, 3.63) is 54.9 Å². The quantitative estimate of drug-likeness (QED) is 0.595. The normalized spacial score (nSPS) is 10.8. The van der Waals surface area contributed by atoms with Crippen LogP contribution in [0.5, 0.6) is 5.75 Å². The van der Waals surface area contributed by atoms with E-state index in [9.17, 15) is 5.11 Å². The summed E-state index contributed by atoms with van der Waals surface area (Å²) in [6.45, 7) is 0. The molecule has 0 radical (unpaired) electrons. The number of nitrogens with one attached hydrogen (secondary N) is 1. The number of aromatic nitrogens is 2. The Balaban J connectivity index is 2.33. The van der Waals surface area contributed by atoms with E-state index in [0.717, 1.165) is 16.7 Å². The molecular weight excluding hydrogens is 200 g/mol. The monoisotopic (exact) mass is 211 g/mol. The molecule has 0 fully saturated rings. The van der Waals surface area contributed by atoms with Gasteiger partial charge in [-0.2, -0.15) is 4.57 Å². The van der Waals surface area contributed by atoms with E-state index in [-0.39, 0.29) is 5.75 Å². The number of H-pyrrole nitrogens is 1. The van der Waals surface area contributed by atoms with E-state index in [2.05, 4.69) is 4.98 Å². The van der Waals surface area contributed by atoms with E-state index >= 15 is 0 Å². The Hall–Kier alpha value is -2.29. The summed E-state index contributed by atoms with van der Waals surface area (Å²) in [6.07, 6.45) is 1.85. The van der Waals surface area contributed by atoms with E-state index in [1.165, 1.54) is 0 Å². The molecule has 3 nitrogen and oxygen atoms in total. The molecule has 0 aliphatic rings. The zero-order valence-electron chi connectivity index (χ0n) is 8.59. The lowest BCUT2D eigenvalue weighted by Gasteiger charge is -1.97. The topological polar surface area (TPSA) is 39.9 Å². The number of phenols is 1.